The van der Waals surface area contributed by atoms with E-state index in [1.165, 1.54) is 0 Å². The van der Waals surface area contributed by atoms with E-state index in [0.717, 1.165) is 28.3 Å². The number of methoxy groups -OCH3 is 2. The lowest BCUT2D eigenvalue weighted by Crippen LogP contribution is -1.92. The molecule has 2 rings (SSSR count). The maximum atomic E-state index is 5.97. The maximum absolute atomic E-state index is 5.97. The Kier molecular flexibility index (Phi) is 3.19. The van der Waals surface area contributed by atoms with Crippen LogP contribution in [0.5, 0.6) is 11.5 Å². The molecular formula is C14H15NO2. The molecule has 88 valence electrons. The fourth-order valence-electron chi connectivity index (χ4n) is 1.70. The molecule has 0 aromatic heterocycles. The highest BCUT2D eigenvalue weighted by Crippen LogP contribution is 2.31. The molecule has 17 heavy (non-hydrogen) atoms. The third-order valence-corrected chi connectivity index (χ3v) is 2.64. The first-order valence-electron chi connectivity index (χ1n) is 5.32. The van der Waals surface area contributed by atoms with Gasteiger partial charge < -0.3 is 15.2 Å². The van der Waals surface area contributed by atoms with Crippen molar-refractivity contribution in [2.24, 2.45) is 0 Å². The van der Waals surface area contributed by atoms with E-state index in [1.807, 2.05) is 42.5 Å². The first-order chi connectivity index (χ1) is 8.24. The number of rotatable bonds is 3. The first-order valence-corrected chi connectivity index (χ1v) is 5.32. The third kappa shape index (κ3) is 2.33. The summed E-state index contributed by atoms with van der Waals surface area (Å²) in [5.74, 6) is 1.60. The fraction of sp³-hybridized carbons (Fsp3) is 0.143. The minimum absolute atomic E-state index is 0.721. The molecular weight excluding hydrogens is 214 g/mol. The number of nitrogen functional groups attached to an aromatic ring is 1. The van der Waals surface area contributed by atoms with E-state index in [4.69, 9.17) is 15.2 Å². The SMILES string of the molecule is COc1cccc(-c2cc(OC)ccc2N)c1. The lowest BCUT2D eigenvalue weighted by Gasteiger charge is -2.09. The van der Waals surface area contributed by atoms with Gasteiger partial charge in [0.25, 0.3) is 0 Å². The second-order valence-corrected chi connectivity index (χ2v) is 3.69. The van der Waals surface area contributed by atoms with Crippen LogP contribution in [0.15, 0.2) is 42.5 Å². The molecule has 0 bridgehead atoms. The Morgan fingerprint density at radius 3 is 2.29 bits per heavy atom. The molecule has 0 radical (unpaired) electrons. The summed E-state index contributed by atoms with van der Waals surface area (Å²) < 4.78 is 10.4. The van der Waals surface area contributed by atoms with Crippen LogP contribution in [0.4, 0.5) is 5.69 Å². The number of nitrogens with two attached hydrogens (primary N) is 1. The van der Waals surface area contributed by atoms with Crippen LogP contribution in [-0.2, 0) is 0 Å². The summed E-state index contributed by atoms with van der Waals surface area (Å²) in [5, 5.41) is 0. The minimum Gasteiger partial charge on any atom is -0.497 e. The van der Waals surface area contributed by atoms with Gasteiger partial charge in [-0.3, -0.25) is 0 Å². The largest absolute Gasteiger partial charge is 0.497 e. The van der Waals surface area contributed by atoms with Crippen molar-refractivity contribution in [2.45, 2.75) is 0 Å². The summed E-state index contributed by atoms with van der Waals surface area (Å²) in [7, 11) is 3.29. The van der Waals surface area contributed by atoms with Crippen molar-refractivity contribution in [3.8, 4) is 22.6 Å². The zero-order valence-electron chi connectivity index (χ0n) is 9.94. The number of anilines is 1. The van der Waals surface area contributed by atoms with E-state index >= 15 is 0 Å². The van der Waals surface area contributed by atoms with Crippen molar-refractivity contribution >= 4 is 5.69 Å². The molecule has 2 N–H and O–H groups in total. The summed E-state index contributed by atoms with van der Waals surface area (Å²) in [6.45, 7) is 0. The van der Waals surface area contributed by atoms with Gasteiger partial charge in [0, 0.05) is 11.3 Å². The lowest BCUT2D eigenvalue weighted by molar-refractivity contribution is 0.414. The summed E-state index contributed by atoms with van der Waals surface area (Å²) >= 11 is 0. The molecule has 0 aliphatic carbocycles. The Morgan fingerprint density at radius 1 is 0.882 bits per heavy atom. The van der Waals surface area contributed by atoms with Gasteiger partial charge in [-0.1, -0.05) is 12.1 Å². The second kappa shape index (κ2) is 4.78. The van der Waals surface area contributed by atoms with E-state index < -0.39 is 0 Å². The van der Waals surface area contributed by atoms with Crippen LogP contribution < -0.4 is 15.2 Å². The van der Waals surface area contributed by atoms with Crippen molar-refractivity contribution in [2.75, 3.05) is 20.0 Å². The van der Waals surface area contributed by atoms with Crippen molar-refractivity contribution in [1.29, 1.82) is 0 Å². The highest BCUT2D eigenvalue weighted by atomic mass is 16.5. The topological polar surface area (TPSA) is 44.5 Å². The molecule has 3 nitrogen and oxygen atoms in total. The number of hydrogen-bond acceptors (Lipinski definition) is 3. The fourth-order valence-corrected chi connectivity index (χ4v) is 1.70. The molecule has 0 unspecified atom stereocenters. The molecule has 0 spiro atoms. The van der Waals surface area contributed by atoms with Gasteiger partial charge in [0.1, 0.15) is 11.5 Å². The van der Waals surface area contributed by atoms with E-state index in [-0.39, 0.29) is 0 Å². The third-order valence-electron chi connectivity index (χ3n) is 2.64. The summed E-state index contributed by atoms with van der Waals surface area (Å²) in [6.07, 6.45) is 0. The molecule has 0 saturated heterocycles. The average Bonchev–Trinajstić information content (AvgIpc) is 2.39. The number of benzene rings is 2. The van der Waals surface area contributed by atoms with Crippen molar-refractivity contribution < 1.29 is 9.47 Å². The van der Waals surface area contributed by atoms with Crippen LogP contribution in [0.3, 0.4) is 0 Å². The Labute approximate surface area is 101 Å². The minimum atomic E-state index is 0.721. The molecule has 0 saturated carbocycles. The van der Waals surface area contributed by atoms with Crippen molar-refractivity contribution in [1.82, 2.24) is 0 Å². The summed E-state index contributed by atoms with van der Waals surface area (Å²) in [5.41, 5.74) is 8.65. The highest BCUT2D eigenvalue weighted by Gasteiger charge is 2.05. The van der Waals surface area contributed by atoms with Crippen LogP contribution in [-0.4, -0.2) is 14.2 Å². The predicted octanol–water partition coefficient (Wildman–Crippen LogP) is 2.95. The van der Waals surface area contributed by atoms with Gasteiger partial charge in [-0.05, 0) is 35.9 Å². The first kappa shape index (κ1) is 11.3. The zero-order valence-corrected chi connectivity index (χ0v) is 9.94. The Hall–Kier alpha value is -2.16. The lowest BCUT2D eigenvalue weighted by atomic mass is 10.0. The Morgan fingerprint density at radius 2 is 1.59 bits per heavy atom. The molecule has 3 heteroatoms. The Bertz CT molecular complexity index is 523. The van der Waals surface area contributed by atoms with E-state index in [0.29, 0.717) is 0 Å². The molecule has 0 heterocycles. The predicted molar refractivity (Wildman–Crippen MR) is 69.4 cm³/mol. The van der Waals surface area contributed by atoms with Crippen LogP contribution in [0.25, 0.3) is 11.1 Å². The van der Waals surface area contributed by atoms with Gasteiger partial charge in [-0.25, -0.2) is 0 Å². The number of hydrogen-bond donors (Lipinski definition) is 1. The van der Waals surface area contributed by atoms with Gasteiger partial charge in [-0.15, -0.1) is 0 Å². The monoisotopic (exact) mass is 229 g/mol. The molecule has 2 aromatic carbocycles. The molecule has 0 atom stereocenters. The highest BCUT2D eigenvalue weighted by molar-refractivity contribution is 5.78. The van der Waals surface area contributed by atoms with Crippen LogP contribution in [0.2, 0.25) is 0 Å². The standard InChI is InChI=1S/C14H15NO2/c1-16-11-5-3-4-10(8-11)13-9-12(17-2)6-7-14(13)15/h3-9H,15H2,1-2H3. The summed E-state index contributed by atoms with van der Waals surface area (Å²) in [6, 6.07) is 13.4. The normalized spacial score (nSPS) is 10.0. The zero-order chi connectivity index (χ0) is 12.3. The average molecular weight is 229 g/mol. The van der Waals surface area contributed by atoms with Crippen LogP contribution in [0, 0.1) is 0 Å². The van der Waals surface area contributed by atoms with Crippen LogP contribution >= 0.6 is 0 Å². The van der Waals surface area contributed by atoms with Crippen molar-refractivity contribution in [3.05, 3.63) is 42.5 Å². The van der Waals surface area contributed by atoms with Crippen LogP contribution in [0.1, 0.15) is 0 Å². The number of ether oxygens (including phenoxy) is 2. The molecule has 0 amide bonds. The molecule has 0 aliphatic heterocycles. The van der Waals surface area contributed by atoms with Gasteiger partial charge in [0.15, 0.2) is 0 Å². The van der Waals surface area contributed by atoms with E-state index in [1.54, 1.807) is 14.2 Å². The Balaban J connectivity index is 2.50. The van der Waals surface area contributed by atoms with E-state index in [9.17, 15) is 0 Å². The van der Waals surface area contributed by atoms with Gasteiger partial charge in [-0.2, -0.15) is 0 Å². The van der Waals surface area contributed by atoms with Crippen molar-refractivity contribution in [3.63, 3.8) is 0 Å². The molecule has 2 aromatic rings. The second-order valence-electron chi connectivity index (χ2n) is 3.69. The van der Waals surface area contributed by atoms with Gasteiger partial charge >= 0.3 is 0 Å². The summed E-state index contributed by atoms with van der Waals surface area (Å²) in [4.78, 5) is 0. The van der Waals surface area contributed by atoms with Gasteiger partial charge in [0.05, 0.1) is 14.2 Å². The quantitative estimate of drug-likeness (QED) is 0.823. The van der Waals surface area contributed by atoms with Gasteiger partial charge in [0.2, 0.25) is 0 Å². The molecule has 0 aliphatic rings. The molecule has 0 fully saturated rings. The maximum Gasteiger partial charge on any atom is 0.119 e. The smallest absolute Gasteiger partial charge is 0.119 e. The van der Waals surface area contributed by atoms with E-state index in [2.05, 4.69) is 0 Å².